The number of nitrogens with one attached hydrogen (secondary N) is 1. The average Bonchev–Trinajstić information content (AvgIpc) is 2.18. The Balaban J connectivity index is 2.81. The van der Waals surface area contributed by atoms with Crippen molar-refractivity contribution in [3.05, 3.63) is 12.5 Å². The Kier molecular flexibility index (Phi) is 3.02. The molecule has 0 aliphatic heterocycles. The fourth-order valence-electron chi connectivity index (χ4n) is 0.728. The lowest BCUT2D eigenvalue weighted by Gasteiger charge is -2.06. The van der Waals surface area contributed by atoms with Gasteiger partial charge in [-0.25, -0.2) is 9.78 Å². The summed E-state index contributed by atoms with van der Waals surface area (Å²) in [5.41, 5.74) is 0.372. The second kappa shape index (κ2) is 4.24. The summed E-state index contributed by atoms with van der Waals surface area (Å²) in [6, 6.07) is 0. The molecule has 6 nitrogen and oxygen atoms in total. The Morgan fingerprint density at radius 3 is 2.92 bits per heavy atom. The third-order valence-corrected chi connectivity index (χ3v) is 1.29. The molecule has 0 spiro atoms. The smallest absolute Gasteiger partial charge is 0.411 e. The Bertz CT molecular complexity index is 303. The van der Waals surface area contributed by atoms with Crippen molar-refractivity contribution < 1.29 is 14.3 Å². The molecule has 0 aromatic carbocycles. The van der Waals surface area contributed by atoms with Gasteiger partial charge in [0.2, 0.25) is 5.88 Å². The first-order chi connectivity index (χ1) is 6.27. The molecule has 0 saturated heterocycles. The van der Waals surface area contributed by atoms with Crippen molar-refractivity contribution in [3.8, 4) is 5.88 Å². The van der Waals surface area contributed by atoms with Gasteiger partial charge in [-0.1, -0.05) is 0 Å². The minimum atomic E-state index is -0.590. The molecule has 1 aromatic heterocycles. The zero-order valence-corrected chi connectivity index (χ0v) is 7.27. The van der Waals surface area contributed by atoms with E-state index in [0.717, 1.165) is 0 Å². The standard InChI is InChI=1S/C7H9N3O3/c1-12-6-5(3-8-4-9-6)10-7(11)13-2/h3-4H,1-2H3,(H,10,11). The highest BCUT2D eigenvalue weighted by Crippen LogP contribution is 2.18. The highest BCUT2D eigenvalue weighted by atomic mass is 16.5. The van der Waals surface area contributed by atoms with Gasteiger partial charge in [0.15, 0.2) is 0 Å². The maximum atomic E-state index is 10.8. The highest BCUT2D eigenvalue weighted by Gasteiger charge is 2.07. The van der Waals surface area contributed by atoms with Crippen LogP contribution in [0, 0.1) is 0 Å². The Labute approximate surface area is 74.9 Å². The molecule has 1 N–H and O–H groups in total. The van der Waals surface area contributed by atoms with Gasteiger partial charge in [-0.15, -0.1) is 0 Å². The van der Waals surface area contributed by atoms with E-state index in [0.29, 0.717) is 11.6 Å². The molecule has 0 aliphatic carbocycles. The van der Waals surface area contributed by atoms with Crippen LogP contribution in [0.4, 0.5) is 10.5 Å². The van der Waals surface area contributed by atoms with Gasteiger partial charge < -0.3 is 9.47 Å². The van der Waals surface area contributed by atoms with Crippen LogP contribution in [0.1, 0.15) is 0 Å². The highest BCUT2D eigenvalue weighted by molar-refractivity contribution is 5.85. The number of aromatic nitrogens is 2. The van der Waals surface area contributed by atoms with Gasteiger partial charge in [0.25, 0.3) is 0 Å². The number of hydrogen-bond acceptors (Lipinski definition) is 5. The van der Waals surface area contributed by atoms with Crippen molar-refractivity contribution in [1.29, 1.82) is 0 Å². The van der Waals surface area contributed by atoms with Crippen LogP contribution in [0.25, 0.3) is 0 Å². The van der Waals surface area contributed by atoms with E-state index in [1.807, 2.05) is 0 Å². The topological polar surface area (TPSA) is 73.3 Å². The molecular formula is C7H9N3O3. The second-order valence-corrected chi connectivity index (χ2v) is 2.06. The van der Waals surface area contributed by atoms with Crippen molar-refractivity contribution in [1.82, 2.24) is 9.97 Å². The lowest BCUT2D eigenvalue weighted by molar-refractivity contribution is 0.186. The van der Waals surface area contributed by atoms with E-state index in [4.69, 9.17) is 4.74 Å². The molecule has 0 aliphatic rings. The number of carbonyl (C=O) groups is 1. The third kappa shape index (κ3) is 2.29. The van der Waals surface area contributed by atoms with Crippen LogP contribution < -0.4 is 10.1 Å². The van der Waals surface area contributed by atoms with Crippen molar-refractivity contribution in [2.24, 2.45) is 0 Å². The van der Waals surface area contributed by atoms with Gasteiger partial charge in [-0.3, -0.25) is 5.32 Å². The normalized spacial score (nSPS) is 9.08. The van der Waals surface area contributed by atoms with Crippen LogP contribution in [-0.2, 0) is 4.74 Å². The molecule has 13 heavy (non-hydrogen) atoms. The van der Waals surface area contributed by atoms with Gasteiger partial charge in [0, 0.05) is 0 Å². The Morgan fingerprint density at radius 2 is 2.31 bits per heavy atom. The molecule has 0 bridgehead atoms. The Hall–Kier alpha value is -1.85. The van der Waals surface area contributed by atoms with Crippen LogP contribution >= 0.6 is 0 Å². The molecular weight excluding hydrogens is 174 g/mol. The summed E-state index contributed by atoms with van der Waals surface area (Å²) < 4.78 is 9.26. The van der Waals surface area contributed by atoms with Gasteiger partial charge in [0.1, 0.15) is 12.0 Å². The summed E-state index contributed by atoms with van der Waals surface area (Å²) in [4.78, 5) is 18.3. The number of nitrogens with zero attached hydrogens (tertiary/aromatic N) is 2. The number of methoxy groups -OCH3 is 2. The van der Waals surface area contributed by atoms with E-state index in [2.05, 4.69) is 20.0 Å². The van der Waals surface area contributed by atoms with Gasteiger partial charge >= 0.3 is 6.09 Å². The lowest BCUT2D eigenvalue weighted by Crippen LogP contribution is -2.12. The minimum absolute atomic E-state index is 0.292. The van der Waals surface area contributed by atoms with Crippen molar-refractivity contribution in [2.45, 2.75) is 0 Å². The van der Waals surface area contributed by atoms with E-state index in [1.165, 1.54) is 26.7 Å². The quantitative estimate of drug-likeness (QED) is 0.729. The van der Waals surface area contributed by atoms with E-state index in [9.17, 15) is 4.79 Å². The summed E-state index contributed by atoms with van der Waals surface area (Å²) in [6.07, 6.45) is 2.15. The molecule has 0 atom stereocenters. The van der Waals surface area contributed by atoms with Gasteiger partial charge in [-0.2, -0.15) is 4.98 Å². The molecule has 6 heteroatoms. The van der Waals surface area contributed by atoms with E-state index >= 15 is 0 Å². The van der Waals surface area contributed by atoms with Crippen molar-refractivity contribution in [2.75, 3.05) is 19.5 Å². The fraction of sp³-hybridized carbons (Fsp3) is 0.286. The number of hydrogen-bond donors (Lipinski definition) is 1. The summed E-state index contributed by atoms with van der Waals surface area (Å²) in [7, 11) is 2.72. The molecule has 70 valence electrons. The summed E-state index contributed by atoms with van der Waals surface area (Å²) >= 11 is 0. The number of amides is 1. The summed E-state index contributed by atoms with van der Waals surface area (Å²) in [5, 5.41) is 2.40. The van der Waals surface area contributed by atoms with Crippen LogP contribution in [0.2, 0.25) is 0 Å². The first kappa shape index (κ1) is 9.24. The van der Waals surface area contributed by atoms with Gasteiger partial charge in [-0.05, 0) is 0 Å². The number of anilines is 1. The number of carbonyl (C=O) groups excluding carboxylic acids is 1. The summed E-state index contributed by atoms with van der Waals surface area (Å²) in [5.74, 6) is 0.292. The number of ether oxygens (including phenoxy) is 2. The van der Waals surface area contributed by atoms with Crippen LogP contribution in [0.5, 0.6) is 5.88 Å². The molecule has 0 unspecified atom stereocenters. The Morgan fingerprint density at radius 1 is 1.54 bits per heavy atom. The molecule has 1 rings (SSSR count). The van der Waals surface area contributed by atoms with Crippen LogP contribution in [0.3, 0.4) is 0 Å². The van der Waals surface area contributed by atoms with Crippen LogP contribution in [-0.4, -0.2) is 30.3 Å². The average molecular weight is 183 g/mol. The molecule has 1 heterocycles. The summed E-state index contributed by atoms with van der Waals surface area (Å²) in [6.45, 7) is 0. The van der Waals surface area contributed by atoms with Crippen molar-refractivity contribution >= 4 is 11.8 Å². The molecule has 0 saturated carbocycles. The largest absolute Gasteiger partial charge is 0.479 e. The maximum Gasteiger partial charge on any atom is 0.411 e. The zero-order chi connectivity index (χ0) is 9.68. The van der Waals surface area contributed by atoms with Crippen LogP contribution in [0.15, 0.2) is 12.5 Å². The van der Waals surface area contributed by atoms with Crippen molar-refractivity contribution in [3.63, 3.8) is 0 Å². The zero-order valence-electron chi connectivity index (χ0n) is 7.27. The molecule has 1 amide bonds. The molecule has 0 radical (unpaired) electrons. The molecule has 1 aromatic rings. The monoisotopic (exact) mass is 183 g/mol. The maximum absolute atomic E-state index is 10.8. The lowest BCUT2D eigenvalue weighted by atomic mass is 10.5. The predicted molar refractivity (Wildman–Crippen MR) is 44.6 cm³/mol. The fourth-order valence-corrected chi connectivity index (χ4v) is 0.728. The SMILES string of the molecule is COC(=O)Nc1cncnc1OC. The predicted octanol–water partition coefficient (Wildman–Crippen LogP) is 0.663. The minimum Gasteiger partial charge on any atom is -0.479 e. The number of rotatable bonds is 2. The second-order valence-electron chi connectivity index (χ2n) is 2.06. The van der Waals surface area contributed by atoms with E-state index in [-0.39, 0.29) is 0 Å². The molecule has 0 fully saturated rings. The van der Waals surface area contributed by atoms with E-state index < -0.39 is 6.09 Å². The third-order valence-electron chi connectivity index (χ3n) is 1.29. The van der Waals surface area contributed by atoms with E-state index in [1.54, 1.807) is 0 Å². The first-order valence-corrected chi connectivity index (χ1v) is 3.47. The first-order valence-electron chi connectivity index (χ1n) is 3.47. The van der Waals surface area contributed by atoms with Gasteiger partial charge in [0.05, 0.1) is 20.4 Å².